The monoisotopic (exact) mass is 566 g/mol. The third kappa shape index (κ3) is 4.49. The van der Waals surface area contributed by atoms with Crippen molar-refractivity contribution in [1.29, 1.82) is 0 Å². The Labute approximate surface area is 228 Å². The fourth-order valence-electron chi connectivity index (χ4n) is 5.02. The fraction of sp³-hybridized carbons (Fsp3) is 0.269. The molecule has 3 aromatic heterocycles. The van der Waals surface area contributed by atoms with Crippen LogP contribution >= 0.6 is 0 Å². The molecule has 1 aliphatic rings. The van der Waals surface area contributed by atoms with Gasteiger partial charge in [0, 0.05) is 31.9 Å². The van der Waals surface area contributed by atoms with Gasteiger partial charge in [-0.15, -0.1) is 0 Å². The third-order valence-corrected chi connectivity index (χ3v) is 8.04. The van der Waals surface area contributed by atoms with Crippen molar-refractivity contribution in [2.75, 3.05) is 36.5 Å². The first-order chi connectivity index (χ1) is 18.9. The SMILES string of the molecule is C=CC(=O)N1CCN(c2nc(=O)n(-c3c(C)cccc3S(C)(=O)=O)c3nc(-c4[nH]cnc4N)c(F)cc23)[C@@H](C)C1. The van der Waals surface area contributed by atoms with Crippen LogP contribution in [0.5, 0.6) is 0 Å². The highest BCUT2D eigenvalue weighted by Gasteiger charge is 2.31. The Balaban J connectivity index is 1.83. The first-order valence-corrected chi connectivity index (χ1v) is 14.2. The number of anilines is 2. The number of halogens is 1. The van der Waals surface area contributed by atoms with Gasteiger partial charge in [0.15, 0.2) is 27.1 Å². The zero-order chi connectivity index (χ0) is 28.9. The molecule has 1 atom stereocenters. The van der Waals surface area contributed by atoms with Crippen molar-refractivity contribution in [2.45, 2.75) is 24.8 Å². The van der Waals surface area contributed by atoms with E-state index >= 15 is 4.39 Å². The molecule has 4 aromatic rings. The van der Waals surface area contributed by atoms with Crippen molar-refractivity contribution in [3.05, 3.63) is 65.1 Å². The lowest BCUT2D eigenvalue weighted by Gasteiger charge is -2.40. The zero-order valence-corrected chi connectivity index (χ0v) is 22.9. The van der Waals surface area contributed by atoms with Crippen LogP contribution in [0.25, 0.3) is 28.1 Å². The fourth-order valence-corrected chi connectivity index (χ4v) is 5.94. The van der Waals surface area contributed by atoms with E-state index in [0.717, 1.165) is 10.8 Å². The second-order valence-corrected chi connectivity index (χ2v) is 11.6. The summed E-state index contributed by atoms with van der Waals surface area (Å²) in [7, 11) is -3.80. The number of nitrogens with zero attached hydrogens (tertiary/aromatic N) is 6. The zero-order valence-electron chi connectivity index (χ0n) is 22.0. The molecule has 40 heavy (non-hydrogen) atoms. The number of aromatic nitrogens is 5. The Morgan fingerprint density at radius 3 is 2.65 bits per heavy atom. The number of H-pyrrole nitrogens is 1. The number of amides is 1. The first-order valence-electron chi connectivity index (χ1n) is 12.3. The molecular formula is C26H27FN8O4S. The molecule has 0 unspecified atom stereocenters. The highest BCUT2D eigenvalue weighted by molar-refractivity contribution is 7.90. The molecule has 0 bridgehead atoms. The number of piperazine rings is 1. The van der Waals surface area contributed by atoms with E-state index in [4.69, 9.17) is 5.73 Å². The van der Waals surface area contributed by atoms with Crippen molar-refractivity contribution in [3.63, 3.8) is 0 Å². The van der Waals surface area contributed by atoms with Gasteiger partial charge in [-0.25, -0.2) is 32.1 Å². The van der Waals surface area contributed by atoms with Crippen LogP contribution in [0.1, 0.15) is 12.5 Å². The van der Waals surface area contributed by atoms with Gasteiger partial charge in [0.25, 0.3) is 0 Å². The van der Waals surface area contributed by atoms with Crippen molar-refractivity contribution in [3.8, 4) is 17.1 Å². The van der Waals surface area contributed by atoms with Crippen LogP contribution < -0.4 is 16.3 Å². The molecule has 1 saturated heterocycles. The van der Waals surface area contributed by atoms with Crippen LogP contribution in [0.15, 0.2) is 52.9 Å². The maximum Gasteiger partial charge on any atom is 0.355 e. The lowest BCUT2D eigenvalue weighted by Crippen LogP contribution is -2.54. The standard InChI is InChI=1S/C26H27FN8O4S/c1-5-19(36)33-9-10-34(15(3)12-33)24-16-11-17(27)20(21-23(28)30-13-29-21)31-25(16)35(26(37)32-24)22-14(2)7-6-8-18(22)40(4,38)39/h5-8,11,13,15H,1,9-10,12,28H2,2-4H3,(H,29,30)/t15-/m0/s1. The van der Waals surface area contributed by atoms with Crippen LogP contribution in [-0.2, 0) is 14.6 Å². The summed E-state index contributed by atoms with van der Waals surface area (Å²) in [6.07, 6.45) is 3.56. The van der Waals surface area contributed by atoms with Gasteiger partial charge in [0.1, 0.15) is 17.2 Å². The van der Waals surface area contributed by atoms with Crippen LogP contribution in [0.3, 0.4) is 0 Å². The van der Waals surface area contributed by atoms with E-state index in [2.05, 4.69) is 26.5 Å². The topological polar surface area (TPSA) is 160 Å². The second-order valence-electron chi connectivity index (χ2n) is 9.63. The largest absolute Gasteiger partial charge is 0.382 e. The molecule has 208 valence electrons. The number of aromatic amines is 1. The van der Waals surface area contributed by atoms with E-state index in [0.29, 0.717) is 25.2 Å². The molecule has 1 amide bonds. The van der Waals surface area contributed by atoms with E-state index < -0.39 is 21.3 Å². The number of sulfone groups is 1. The molecule has 3 N–H and O–H groups in total. The quantitative estimate of drug-likeness (QED) is 0.344. The van der Waals surface area contributed by atoms with E-state index in [1.54, 1.807) is 24.0 Å². The van der Waals surface area contributed by atoms with Crippen LogP contribution in [0.4, 0.5) is 16.0 Å². The Kier molecular flexibility index (Phi) is 6.66. The summed E-state index contributed by atoms with van der Waals surface area (Å²) in [6.45, 7) is 8.01. The highest BCUT2D eigenvalue weighted by Crippen LogP contribution is 2.33. The molecule has 0 radical (unpaired) electrons. The van der Waals surface area contributed by atoms with E-state index in [9.17, 15) is 18.0 Å². The number of hydrogen-bond donors (Lipinski definition) is 2. The van der Waals surface area contributed by atoms with Gasteiger partial charge in [-0.2, -0.15) is 4.98 Å². The Morgan fingerprint density at radius 2 is 2.02 bits per heavy atom. The number of carbonyl (C=O) groups is 1. The minimum absolute atomic E-state index is 0.00160. The summed E-state index contributed by atoms with van der Waals surface area (Å²) in [5.74, 6) is -0.808. The van der Waals surface area contributed by atoms with E-state index in [1.165, 1.54) is 24.5 Å². The average Bonchev–Trinajstić information content (AvgIpc) is 3.33. The summed E-state index contributed by atoms with van der Waals surface area (Å²) < 4.78 is 42.2. The number of pyridine rings is 1. The van der Waals surface area contributed by atoms with Gasteiger partial charge in [-0.1, -0.05) is 18.7 Å². The summed E-state index contributed by atoms with van der Waals surface area (Å²) in [5.41, 5.74) is 5.55. The maximum absolute atomic E-state index is 15.6. The number of carbonyl (C=O) groups excluding carboxylic acids is 1. The number of nitrogen functional groups attached to an aromatic ring is 1. The molecule has 1 aliphatic heterocycles. The molecular weight excluding hydrogens is 539 g/mol. The smallest absolute Gasteiger partial charge is 0.355 e. The van der Waals surface area contributed by atoms with Gasteiger partial charge in [0.2, 0.25) is 5.91 Å². The van der Waals surface area contributed by atoms with Crippen molar-refractivity contribution in [2.24, 2.45) is 0 Å². The van der Waals surface area contributed by atoms with Crippen LogP contribution in [0.2, 0.25) is 0 Å². The summed E-state index contributed by atoms with van der Waals surface area (Å²) in [5, 5.41) is 0.178. The molecule has 0 aliphatic carbocycles. The minimum atomic E-state index is -3.80. The number of aryl methyl sites for hydroxylation is 1. The van der Waals surface area contributed by atoms with Crippen molar-refractivity contribution < 1.29 is 17.6 Å². The predicted octanol–water partition coefficient (Wildman–Crippen LogP) is 1.83. The third-order valence-electron chi connectivity index (χ3n) is 6.92. The molecule has 1 fully saturated rings. The normalized spacial score (nSPS) is 15.9. The van der Waals surface area contributed by atoms with Crippen LogP contribution in [-0.4, -0.2) is 75.7 Å². The molecule has 1 aromatic carbocycles. The van der Waals surface area contributed by atoms with E-state index in [-0.39, 0.29) is 56.6 Å². The second kappa shape index (κ2) is 9.86. The number of rotatable bonds is 5. The summed E-state index contributed by atoms with van der Waals surface area (Å²) >= 11 is 0. The number of para-hydroxylation sites is 1. The number of hydrogen-bond acceptors (Lipinski definition) is 9. The van der Waals surface area contributed by atoms with Gasteiger partial charge < -0.3 is 20.5 Å². The molecule has 14 heteroatoms. The summed E-state index contributed by atoms with van der Waals surface area (Å²) in [6, 6.07) is 5.52. The number of benzene rings is 1. The average molecular weight is 567 g/mol. The number of nitrogens with two attached hydrogens (primary N) is 1. The van der Waals surface area contributed by atoms with Gasteiger partial charge in [-0.05, 0) is 37.6 Å². The number of fused-ring (bicyclic) bond motifs is 1. The Morgan fingerprint density at radius 1 is 1.27 bits per heavy atom. The molecule has 0 saturated carbocycles. The molecule has 4 heterocycles. The minimum Gasteiger partial charge on any atom is -0.382 e. The van der Waals surface area contributed by atoms with Gasteiger partial charge in [-0.3, -0.25) is 4.79 Å². The molecule has 12 nitrogen and oxygen atoms in total. The first kappa shape index (κ1) is 27.0. The number of nitrogens with one attached hydrogen (secondary N) is 1. The molecule has 0 spiro atoms. The number of imidazole rings is 1. The Bertz CT molecular complexity index is 1850. The molecule has 5 rings (SSSR count). The maximum atomic E-state index is 15.6. The van der Waals surface area contributed by atoms with E-state index in [1.807, 2.05) is 11.8 Å². The predicted molar refractivity (Wildman–Crippen MR) is 149 cm³/mol. The lowest BCUT2D eigenvalue weighted by atomic mass is 10.1. The summed E-state index contributed by atoms with van der Waals surface area (Å²) in [4.78, 5) is 44.8. The van der Waals surface area contributed by atoms with Crippen molar-refractivity contribution >= 4 is 38.4 Å². The highest BCUT2D eigenvalue weighted by atomic mass is 32.2. The van der Waals surface area contributed by atoms with Gasteiger partial charge in [0.05, 0.1) is 22.3 Å². The van der Waals surface area contributed by atoms with Crippen LogP contribution in [0, 0.1) is 12.7 Å². The van der Waals surface area contributed by atoms with Crippen molar-refractivity contribution in [1.82, 2.24) is 29.4 Å². The lowest BCUT2D eigenvalue weighted by molar-refractivity contribution is -0.126. The Hall–Kier alpha value is -4.59. The van der Waals surface area contributed by atoms with Gasteiger partial charge >= 0.3 is 5.69 Å².